The third-order valence-corrected chi connectivity index (χ3v) is 5.24. The number of aromatic nitrogens is 6. The van der Waals surface area contributed by atoms with E-state index in [-0.39, 0.29) is 12.3 Å². The van der Waals surface area contributed by atoms with Crippen LogP contribution < -0.4 is 5.32 Å². The monoisotopic (exact) mass is 407 g/mol. The van der Waals surface area contributed by atoms with Crippen molar-refractivity contribution < 1.29 is 9.90 Å². The quantitative estimate of drug-likeness (QED) is 0.554. The number of carbonyl (C=O) groups is 1. The summed E-state index contributed by atoms with van der Waals surface area (Å²) >= 11 is 0. The number of nitrogens with one attached hydrogen (secondary N) is 1. The summed E-state index contributed by atoms with van der Waals surface area (Å²) in [4.78, 5) is 21.5. The summed E-state index contributed by atoms with van der Waals surface area (Å²) in [5.74, 6) is 0.552. The molecule has 1 aliphatic rings. The number of anilines is 1. The normalized spacial score (nSPS) is 14.0. The summed E-state index contributed by atoms with van der Waals surface area (Å²) in [6.07, 6.45) is 8.00. The molecule has 0 bridgehead atoms. The molecule has 1 atom stereocenters. The number of tetrazole rings is 1. The van der Waals surface area contributed by atoms with Crippen LogP contribution in [0, 0.1) is 0 Å². The third kappa shape index (κ3) is 5.16. The first-order valence-electron chi connectivity index (χ1n) is 10.3. The Morgan fingerprint density at radius 2 is 2.20 bits per heavy atom. The summed E-state index contributed by atoms with van der Waals surface area (Å²) in [7, 11) is 0. The molecule has 1 unspecified atom stereocenters. The molecule has 9 heteroatoms. The number of aliphatic carboxylic acids is 1. The molecule has 9 nitrogen and oxygen atoms in total. The van der Waals surface area contributed by atoms with Crippen molar-refractivity contribution >= 4 is 11.8 Å². The van der Waals surface area contributed by atoms with Crippen LogP contribution in [0.1, 0.15) is 47.8 Å². The predicted molar refractivity (Wildman–Crippen MR) is 110 cm³/mol. The van der Waals surface area contributed by atoms with E-state index < -0.39 is 5.97 Å². The van der Waals surface area contributed by atoms with E-state index in [1.165, 1.54) is 10.4 Å². The van der Waals surface area contributed by atoms with Gasteiger partial charge in [0.1, 0.15) is 5.82 Å². The Kier molecular flexibility index (Phi) is 6.26. The number of hydrogen-bond donors (Lipinski definition) is 2. The fraction of sp³-hybridized carbons (Fsp3) is 0.429. The summed E-state index contributed by atoms with van der Waals surface area (Å²) < 4.78 is 0. The van der Waals surface area contributed by atoms with Gasteiger partial charge < -0.3 is 10.4 Å². The molecule has 156 valence electrons. The molecule has 3 aromatic heterocycles. The van der Waals surface area contributed by atoms with Gasteiger partial charge in [0.15, 0.2) is 5.82 Å². The summed E-state index contributed by atoms with van der Waals surface area (Å²) in [5.41, 5.74) is 3.21. The lowest BCUT2D eigenvalue weighted by molar-refractivity contribution is -0.137. The molecule has 0 aromatic carbocycles. The first-order valence-corrected chi connectivity index (χ1v) is 10.3. The maximum atomic E-state index is 11.2. The van der Waals surface area contributed by atoms with Crippen LogP contribution in [-0.4, -0.2) is 47.8 Å². The lowest BCUT2D eigenvalue weighted by Gasteiger charge is -2.17. The summed E-state index contributed by atoms with van der Waals surface area (Å²) in [5, 5.41) is 25.3. The van der Waals surface area contributed by atoms with Crippen LogP contribution in [0.25, 0.3) is 0 Å². The van der Waals surface area contributed by atoms with Gasteiger partial charge in [-0.15, -0.1) is 10.2 Å². The maximum absolute atomic E-state index is 11.2. The second kappa shape index (κ2) is 9.43. The van der Waals surface area contributed by atoms with Crippen molar-refractivity contribution in [1.29, 1.82) is 0 Å². The molecule has 1 aliphatic heterocycles. The van der Waals surface area contributed by atoms with Crippen molar-refractivity contribution in [2.45, 2.75) is 51.0 Å². The average molecular weight is 407 g/mol. The molecule has 2 N–H and O–H groups in total. The Bertz CT molecular complexity index is 990. The Balaban J connectivity index is 1.33. The highest BCUT2D eigenvalue weighted by Gasteiger charge is 2.18. The highest BCUT2D eigenvalue weighted by Crippen LogP contribution is 2.21. The molecule has 0 saturated heterocycles. The van der Waals surface area contributed by atoms with Crippen LogP contribution in [-0.2, 0) is 30.6 Å². The van der Waals surface area contributed by atoms with E-state index in [2.05, 4.69) is 37.8 Å². The van der Waals surface area contributed by atoms with Gasteiger partial charge >= 0.3 is 5.97 Å². The highest BCUT2D eigenvalue weighted by atomic mass is 16.4. The Hall–Kier alpha value is -3.36. The Morgan fingerprint density at radius 1 is 1.27 bits per heavy atom. The molecule has 4 heterocycles. The molecular formula is C21H25N7O2. The van der Waals surface area contributed by atoms with Crippen molar-refractivity contribution in [3.05, 3.63) is 59.3 Å². The van der Waals surface area contributed by atoms with E-state index in [1.807, 2.05) is 6.07 Å². The van der Waals surface area contributed by atoms with Crippen LogP contribution in [0.3, 0.4) is 0 Å². The van der Waals surface area contributed by atoms with Crippen LogP contribution in [0.4, 0.5) is 5.82 Å². The van der Waals surface area contributed by atoms with E-state index in [4.69, 9.17) is 4.98 Å². The van der Waals surface area contributed by atoms with Crippen molar-refractivity contribution in [3.63, 3.8) is 0 Å². The minimum absolute atomic E-state index is 0.0133. The molecule has 0 saturated carbocycles. The largest absolute Gasteiger partial charge is 0.481 e. The molecule has 0 spiro atoms. The van der Waals surface area contributed by atoms with Crippen LogP contribution in [0.15, 0.2) is 36.7 Å². The number of carboxylic acid groups (broad SMARTS) is 1. The first kappa shape index (κ1) is 19.9. The second-order valence-electron chi connectivity index (χ2n) is 7.54. The van der Waals surface area contributed by atoms with Crippen molar-refractivity contribution in [2.75, 3.05) is 11.9 Å². The molecule has 0 fully saturated rings. The number of hydrogen-bond acceptors (Lipinski definition) is 7. The Labute approximate surface area is 174 Å². The smallest absolute Gasteiger partial charge is 0.304 e. The minimum Gasteiger partial charge on any atom is -0.481 e. The van der Waals surface area contributed by atoms with Crippen LogP contribution in [0.5, 0.6) is 0 Å². The number of fused-ring (bicyclic) bond motifs is 1. The summed E-state index contributed by atoms with van der Waals surface area (Å²) in [6, 6.07) is 7.94. The van der Waals surface area contributed by atoms with Gasteiger partial charge in [0.25, 0.3) is 0 Å². The highest BCUT2D eigenvalue weighted by molar-refractivity contribution is 5.68. The zero-order valence-corrected chi connectivity index (χ0v) is 16.7. The van der Waals surface area contributed by atoms with E-state index >= 15 is 0 Å². The fourth-order valence-electron chi connectivity index (χ4n) is 3.70. The van der Waals surface area contributed by atoms with Crippen LogP contribution in [0.2, 0.25) is 0 Å². The molecule has 3 aromatic rings. The van der Waals surface area contributed by atoms with Gasteiger partial charge in [0, 0.05) is 37.0 Å². The van der Waals surface area contributed by atoms with Gasteiger partial charge in [-0.05, 0) is 54.2 Å². The average Bonchev–Trinajstić information content (AvgIpc) is 3.21. The van der Waals surface area contributed by atoms with Gasteiger partial charge in [-0.25, -0.2) is 4.98 Å². The topological polar surface area (TPSA) is 119 Å². The predicted octanol–water partition coefficient (Wildman–Crippen LogP) is 2.25. The minimum atomic E-state index is -0.865. The molecule has 0 aliphatic carbocycles. The van der Waals surface area contributed by atoms with E-state index in [0.29, 0.717) is 18.8 Å². The standard InChI is InChI=1S/C21H25N7O2/c29-20(30)12-17(16-5-2-10-22-13-16)14-28-26-19(25-27-28)7-1-6-18-9-8-15-4-3-11-23-21(15)24-18/h2,5,8-10,13,17H,1,3-4,6-7,11-12,14H2,(H,23,24)(H,29,30). The zero-order valence-electron chi connectivity index (χ0n) is 16.7. The maximum Gasteiger partial charge on any atom is 0.304 e. The number of pyridine rings is 2. The van der Waals surface area contributed by atoms with Crippen molar-refractivity contribution in [3.8, 4) is 0 Å². The Morgan fingerprint density at radius 3 is 3.03 bits per heavy atom. The van der Waals surface area contributed by atoms with Gasteiger partial charge in [-0.2, -0.15) is 4.80 Å². The van der Waals surface area contributed by atoms with Gasteiger partial charge in [-0.3, -0.25) is 9.78 Å². The van der Waals surface area contributed by atoms with E-state index in [1.54, 1.807) is 18.5 Å². The molecule has 0 amide bonds. The van der Waals surface area contributed by atoms with Gasteiger partial charge in [-0.1, -0.05) is 12.1 Å². The summed E-state index contributed by atoms with van der Waals surface area (Å²) in [6.45, 7) is 1.33. The van der Waals surface area contributed by atoms with E-state index in [0.717, 1.165) is 49.3 Å². The van der Waals surface area contributed by atoms with Gasteiger partial charge in [0.05, 0.1) is 13.0 Å². The fourth-order valence-corrected chi connectivity index (χ4v) is 3.70. The van der Waals surface area contributed by atoms with Gasteiger partial charge in [0.2, 0.25) is 0 Å². The van der Waals surface area contributed by atoms with E-state index in [9.17, 15) is 9.90 Å². The molecule has 30 heavy (non-hydrogen) atoms. The number of carboxylic acids is 1. The lowest BCUT2D eigenvalue weighted by Crippen LogP contribution is -2.16. The van der Waals surface area contributed by atoms with Crippen molar-refractivity contribution in [2.24, 2.45) is 0 Å². The first-order chi connectivity index (χ1) is 14.7. The second-order valence-corrected chi connectivity index (χ2v) is 7.54. The molecule has 4 rings (SSSR count). The molecule has 0 radical (unpaired) electrons. The lowest BCUT2D eigenvalue weighted by atomic mass is 9.97. The molecular weight excluding hydrogens is 382 g/mol. The number of nitrogens with zero attached hydrogens (tertiary/aromatic N) is 6. The number of rotatable bonds is 9. The third-order valence-electron chi connectivity index (χ3n) is 5.24. The van der Waals surface area contributed by atoms with Crippen LogP contribution >= 0.6 is 0 Å². The van der Waals surface area contributed by atoms with Crippen molar-refractivity contribution in [1.82, 2.24) is 30.2 Å². The SMILES string of the molecule is O=C(O)CC(Cn1nnc(CCCc2ccc3c(n2)NCCC3)n1)c1cccnc1. The number of aryl methyl sites for hydroxylation is 3. The zero-order chi connectivity index (χ0) is 20.8.